The molecule has 16 nitrogen and oxygen atoms in total. The molecular formula is C37H36N8O8S2. The van der Waals surface area contributed by atoms with E-state index in [0.29, 0.717) is 28.3 Å². The number of sulfonamides is 2. The molecule has 0 atom stereocenters. The summed E-state index contributed by atoms with van der Waals surface area (Å²) in [6.45, 7) is 5.44. The molecule has 0 fully saturated rings. The lowest BCUT2D eigenvalue weighted by Crippen LogP contribution is -2.35. The third-order valence-corrected chi connectivity index (χ3v) is 10.4. The van der Waals surface area contributed by atoms with Crippen LogP contribution >= 0.6 is 0 Å². The van der Waals surface area contributed by atoms with E-state index in [1.807, 2.05) is 47.6 Å². The van der Waals surface area contributed by atoms with Gasteiger partial charge in [-0.3, -0.25) is 0 Å². The van der Waals surface area contributed by atoms with E-state index < -0.39 is 44.2 Å². The first kappa shape index (κ1) is 39.3. The predicted octanol–water partition coefficient (Wildman–Crippen LogP) is 6.92. The maximum absolute atomic E-state index is 12.9. The molecule has 8 N–H and O–H groups in total. The highest BCUT2D eigenvalue weighted by Gasteiger charge is 2.20. The Bertz CT molecular complexity index is 2440. The Kier molecular flexibility index (Phi) is 12.0. The van der Waals surface area contributed by atoms with Gasteiger partial charge >= 0.3 is 24.1 Å². The minimum atomic E-state index is -4.35. The van der Waals surface area contributed by atoms with E-state index in [1.165, 1.54) is 66.7 Å². The lowest BCUT2D eigenvalue weighted by atomic mass is 10.2. The van der Waals surface area contributed by atoms with Gasteiger partial charge in [-0.2, -0.15) is 0 Å². The number of hydrogen-bond acceptors (Lipinski definition) is 8. The van der Waals surface area contributed by atoms with Crippen LogP contribution in [0.3, 0.4) is 0 Å². The van der Waals surface area contributed by atoms with E-state index in [1.54, 1.807) is 31.2 Å². The summed E-state index contributed by atoms with van der Waals surface area (Å²) in [5.41, 5.74) is 4.48. The van der Waals surface area contributed by atoms with E-state index in [9.17, 15) is 36.0 Å². The van der Waals surface area contributed by atoms with Gasteiger partial charge in [-0.15, -0.1) is 0 Å². The van der Waals surface area contributed by atoms with Gasteiger partial charge in [-0.25, -0.2) is 45.5 Å². The highest BCUT2D eigenvalue weighted by atomic mass is 32.2. The number of urea groups is 4. The molecule has 5 rings (SSSR count). The second-order valence-corrected chi connectivity index (χ2v) is 15.5. The van der Waals surface area contributed by atoms with Gasteiger partial charge in [0.25, 0.3) is 20.0 Å². The normalized spacial score (nSPS) is 11.0. The van der Waals surface area contributed by atoms with Gasteiger partial charge in [0, 0.05) is 34.1 Å². The predicted molar refractivity (Wildman–Crippen MR) is 210 cm³/mol. The molecule has 5 aromatic carbocycles. The summed E-state index contributed by atoms with van der Waals surface area (Å²) in [5.74, 6) is 0. The van der Waals surface area contributed by atoms with Gasteiger partial charge in [0.1, 0.15) is 0 Å². The average molecular weight is 785 g/mol. The largest absolute Gasteiger partial charge is 0.333 e. The van der Waals surface area contributed by atoms with E-state index in [-0.39, 0.29) is 21.2 Å². The monoisotopic (exact) mass is 784 g/mol. The Hall–Kier alpha value is -6.92. The molecule has 0 spiro atoms. The van der Waals surface area contributed by atoms with Crippen LogP contribution in [-0.4, -0.2) is 41.0 Å². The van der Waals surface area contributed by atoms with Crippen LogP contribution in [0.15, 0.2) is 125 Å². The standard InChI is InChI=1S/C37H36N8O8S2/c1-23-4-9-26(10-5-23)38-34(46)40-28-14-18-31(19-15-28)54(50,51)44-36(48)42-30-13-8-25(3)33(22-30)43-37(49)45-55(52,53)32-20-16-29(17-21-32)41-35(47)39-27-11-6-24(2)7-12-27/h4-22H,1-3H3,(H2,38,40,46)(H2,39,41,47)(H2,42,44,48)(H2,43,45,49). The third kappa shape index (κ3) is 11.3. The van der Waals surface area contributed by atoms with Crippen molar-refractivity contribution in [2.75, 3.05) is 31.9 Å². The van der Waals surface area contributed by atoms with Crippen LogP contribution in [0, 0.1) is 20.8 Å². The first-order chi connectivity index (χ1) is 26.0. The van der Waals surface area contributed by atoms with E-state index in [0.717, 1.165) is 11.1 Å². The molecule has 55 heavy (non-hydrogen) atoms. The summed E-state index contributed by atoms with van der Waals surface area (Å²) in [4.78, 5) is 49.5. The molecule has 0 aliphatic heterocycles. The first-order valence-corrected chi connectivity index (χ1v) is 19.3. The number of hydrogen-bond donors (Lipinski definition) is 8. The van der Waals surface area contributed by atoms with Crippen molar-refractivity contribution in [1.29, 1.82) is 0 Å². The fourth-order valence-electron chi connectivity index (χ4n) is 4.80. The molecular weight excluding hydrogens is 749 g/mol. The average Bonchev–Trinajstić information content (AvgIpc) is 3.11. The Labute approximate surface area is 317 Å². The van der Waals surface area contributed by atoms with Crippen LogP contribution < -0.4 is 41.3 Å². The Morgan fingerprint density at radius 1 is 0.382 bits per heavy atom. The molecule has 0 unspecified atom stereocenters. The zero-order valence-electron chi connectivity index (χ0n) is 29.6. The van der Waals surface area contributed by atoms with Crippen molar-refractivity contribution in [3.63, 3.8) is 0 Å². The quantitative estimate of drug-likeness (QED) is 0.0739. The zero-order chi connectivity index (χ0) is 39.8. The summed E-state index contributed by atoms with van der Waals surface area (Å²) < 4.78 is 55.4. The van der Waals surface area contributed by atoms with Crippen LogP contribution in [0.25, 0.3) is 0 Å². The van der Waals surface area contributed by atoms with Crippen molar-refractivity contribution < 1.29 is 36.0 Å². The number of carbonyl (C=O) groups is 4. The van der Waals surface area contributed by atoms with Crippen molar-refractivity contribution in [3.8, 4) is 0 Å². The van der Waals surface area contributed by atoms with E-state index in [2.05, 4.69) is 31.9 Å². The van der Waals surface area contributed by atoms with Crippen LogP contribution in [0.1, 0.15) is 16.7 Å². The van der Waals surface area contributed by atoms with Crippen molar-refractivity contribution in [1.82, 2.24) is 9.44 Å². The molecule has 0 aliphatic rings. The lowest BCUT2D eigenvalue weighted by molar-refractivity contribution is 0.255. The van der Waals surface area contributed by atoms with Crippen molar-refractivity contribution in [2.45, 2.75) is 30.6 Å². The van der Waals surface area contributed by atoms with Gasteiger partial charge in [0.2, 0.25) is 0 Å². The maximum Gasteiger partial charge on any atom is 0.333 e. The summed E-state index contributed by atoms with van der Waals surface area (Å²) in [5, 5.41) is 15.3. The SMILES string of the molecule is Cc1ccc(NC(=O)Nc2ccc(S(=O)(=O)NC(=O)Nc3ccc(C)c(NC(=O)NS(=O)(=O)c4ccc(NC(=O)Nc5ccc(C)cc5)cc4)c3)cc2)cc1. The Morgan fingerprint density at radius 3 is 1.07 bits per heavy atom. The summed E-state index contributed by atoms with van der Waals surface area (Å²) in [6, 6.07) is 25.5. The van der Waals surface area contributed by atoms with Gasteiger partial charge in [-0.1, -0.05) is 41.5 Å². The van der Waals surface area contributed by atoms with Crippen molar-refractivity contribution in [3.05, 3.63) is 132 Å². The molecule has 5 aromatic rings. The smallest absolute Gasteiger partial charge is 0.308 e. The lowest BCUT2D eigenvalue weighted by Gasteiger charge is -2.14. The molecule has 0 saturated carbocycles. The third-order valence-electron chi connectivity index (χ3n) is 7.66. The minimum absolute atomic E-state index is 0.0742. The molecule has 18 heteroatoms. The Morgan fingerprint density at radius 2 is 0.691 bits per heavy atom. The molecule has 0 aromatic heterocycles. The van der Waals surface area contributed by atoms with Gasteiger partial charge in [-0.05, 0) is 111 Å². The molecule has 0 radical (unpaired) electrons. The highest BCUT2D eigenvalue weighted by Crippen LogP contribution is 2.22. The number of amides is 8. The van der Waals surface area contributed by atoms with Gasteiger partial charge in [0.05, 0.1) is 9.79 Å². The van der Waals surface area contributed by atoms with Crippen LogP contribution in [-0.2, 0) is 20.0 Å². The summed E-state index contributed by atoms with van der Waals surface area (Å²) in [7, 11) is -8.70. The molecule has 0 saturated heterocycles. The summed E-state index contributed by atoms with van der Waals surface area (Å²) >= 11 is 0. The zero-order valence-corrected chi connectivity index (χ0v) is 31.2. The number of anilines is 6. The maximum atomic E-state index is 12.9. The number of nitrogens with one attached hydrogen (secondary N) is 8. The number of carbonyl (C=O) groups excluding carboxylic acids is 4. The summed E-state index contributed by atoms with van der Waals surface area (Å²) in [6.07, 6.45) is 0. The van der Waals surface area contributed by atoms with Crippen molar-refractivity contribution >= 4 is 78.3 Å². The molecule has 284 valence electrons. The molecule has 0 bridgehead atoms. The fourth-order valence-corrected chi connectivity index (χ4v) is 6.61. The molecule has 0 heterocycles. The Balaban J connectivity index is 1.12. The number of aryl methyl sites for hydroxylation is 3. The van der Waals surface area contributed by atoms with Gasteiger partial charge < -0.3 is 31.9 Å². The molecule has 0 aliphatic carbocycles. The van der Waals surface area contributed by atoms with Crippen molar-refractivity contribution in [2.24, 2.45) is 0 Å². The van der Waals surface area contributed by atoms with E-state index in [4.69, 9.17) is 0 Å². The first-order valence-electron chi connectivity index (χ1n) is 16.3. The van der Waals surface area contributed by atoms with E-state index >= 15 is 0 Å². The number of benzene rings is 5. The van der Waals surface area contributed by atoms with Crippen LogP contribution in [0.4, 0.5) is 53.3 Å². The fraction of sp³-hybridized carbons (Fsp3) is 0.0811. The second-order valence-electron chi connectivity index (χ2n) is 12.1. The molecule has 8 amide bonds. The number of rotatable bonds is 10. The van der Waals surface area contributed by atoms with Crippen LogP contribution in [0.2, 0.25) is 0 Å². The minimum Gasteiger partial charge on any atom is -0.308 e. The highest BCUT2D eigenvalue weighted by molar-refractivity contribution is 7.90. The topological polar surface area (TPSA) is 233 Å². The van der Waals surface area contributed by atoms with Crippen LogP contribution in [0.5, 0.6) is 0 Å². The van der Waals surface area contributed by atoms with Gasteiger partial charge in [0.15, 0.2) is 0 Å². The second kappa shape index (κ2) is 16.8.